The smallest absolute Gasteiger partial charge is 0.342 e. The number of imidazole rings is 1. The Labute approximate surface area is 171 Å². The fraction of sp³-hybridized carbons (Fsp3) is 0.300. The number of rotatable bonds is 6. The number of nitrogens with zero attached hydrogens (tertiary/aromatic N) is 4. The maximum Gasteiger partial charge on any atom is 0.342 e. The van der Waals surface area contributed by atoms with Crippen LogP contribution in [0.3, 0.4) is 0 Å². The second kappa shape index (κ2) is 7.75. The Morgan fingerprint density at radius 2 is 2.03 bits per heavy atom. The lowest BCUT2D eigenvalue weighted by Crippen LogP contribution is -2.07. The monoisotopic (exact) mass is 411 g/mol. The maximum atomic E-state index is 12.2. The number of hydrogen-bond acceptors (Lipinski definition) is 8. The van der Waals surface area contributed by atoms with Crippen molar-refractivity contribution < 1.29 is 13.9 Å². The molecule has 0 fully saturated rings. The van der Waals surface area contributed by atoms with Crippen LogP contribution in [0.4, 0.5) is 5.82 Å². The molecule has 3 aromatic heterocycles. The van der Waals surface area contributed by atoms with E-state index in [1.807, 2.05) is 18.2 Å². The van der Waals surface area contributed by atoms with E-state index in [4.69, 9.17) is 19.9 Å². The zero-order valence-electron chi connectivity index (χ0n) is 16.4. The van der Waals surface area contributed by atoms with Gasteiger partial charge in [-0.2, -0.15) is 4.98 Å². The Bertz CT molecular complexity index is 1210. The highest BCUT2D eigenvalue weighted by atomic mass is 32.2. The van der Waals surface area contributed by atoms with E-state index in [2.05, 4.69) is 27.5 Å². The summed E-state index contributed by atoms with van der Waals surface area (Å²) >= 11 is 1.53. The van der Waals surface area contributed by atoms with Crippen LogP contribution in [0.2, 0.25) is 0 Å². The predicted molar refractivity (Wildman–Crippen MR) is 112 cm³/mol. The molecular formula is C20H21N5O3S. The first kappa shape index (κ1) is 19.3. The molecule has 0 spiro atoms. The van der Waals surface area contributed by atoms with E-state index in [0.29, 0.717) is 22.7 Å². The summed E-state index contributed by atoms with van der Waals surface area (Å²) in [5.41, 5.74) is 8.76. The summed E-state index contributed by atoms with van der Waals surface area (Å²) in [5, 5.41) is 1.29. The Morgan fingerprint density at radius 1 is 1.24 bits per heavy atom. The van der Waals surface area contributed by atoms with Crippen LogP contribution in [0.15, 0.2) is 33.8 Å². The molecule has 9 heteroatoms. The number of carbonyl (C=O) groups excluding carboxylic acids is 1. The van der Waals surface area contributed by atoms with Crippen LogP contribution >= 0.6 is 11.8 Å². The van der Waals surface area contributed by atoms with E-state index in [1.165, 1.54) is 11.8 Å². The second-order valence-electron chi connectivity index (χ2n) is 6.37. The number of carbonyl (C=O) groups is 1. The molecule has 0 atom stereocenters. The van der Waals surface area contributed by atoms with Gasteiger partial charge in [0.2, 0.25) is 5.71 Å². The highest BCUT2D eigenvalue weighted by Gasteiger charge is 2.24. The van der Waals surface area contributed by atoms with Crippen LogP contribution in [0.1, 0.15) is 35.8 Å². The van der Waals surface area contributed by atoms with Gasteiger partial charge < -0.3 is 19.5 Å². The molecule has 150 valence electrons. The molecule has 0 unspecified atom stereocenters. The summed E-state index contributed by atoms with van der Waals surface area (Å²) in [6.45, 7) is 6.59. The van der Waals surface area contributed by atoms with Crippen molar-refractivity contribution in [1.82, 2.24) is 19.5 Å². The molecule has 0 radical (unpaired) electrons. The third-order valence-electron chi connectivity index (χ3n) is 4.55. The lowest BCUT2D eigenvalue weighted by atomic mass is 10.2. The van der Waals surface area contributed by atoms with Gasteiger partial charge in [0.05, 0.1) is 28.8 Å². The number of ether oxygens (including phenoxy) is 1. The van der Waals surface area contributed by atoms with Crippen molar-refractivity contribution in [2.24, 2.45) is 0 Å². The highest BCUT2D eigenvalue weighted by Crippen LogP contribution is 2.31. The minimum atomic E-state index is -0.488. The minimum absolute atomic E-state index is 0.203. The largest absolute Gasteiger partial charge is 0.462 e. The van der Waals surface area contributed by atoms with Gasteiger partial charge in [0, 0.05) is 6.54 Å². The van der Waals surface area contributed by atoms with Crippen molar-refractivity contribution in [3.8, 4) is 0 Å². The number of furan rings is 1. The zero-order valence-corrected chi connectivity index (χ0v) is 17.2. The molecule has 4 rings (SSSR count). The van der Waals surface area contributed by atoms with Gasteiger partial charge in [-0.05, 0) is 32.9 Å². The maximum absolute atomic E-state index is 12.2. The molecule has 1 aromatic carbocycles. The van der Waals surface area contributed by atoms with Crippen LogP contribution in [-0.2, 0) is 17.0 Å². The van der Waals surface area contributed by atoms with Gasteiger partial charge in [0.15, 0.2) is 5.16 Å². The number of nitrogens with two attached hydrogens (primary N) is 1. The van der Waals surface area contributed by atoms with E-state index in [-0.39, 0.29) is 23.7 Å². The first-order valence-electron chi connectivity index (χ1n) is 9.34. The Hall–Kier alpha value is -3.07. The summed E-state index contributed by atoms with van der Waals surface area (Å²) in [7, 11) is 0. The van der Waals surface area contributed by atoms with E-state index in [9.17, 15) is 4.79 Å². The number of fused-ring (bicyclic) bond motifs is 2. The van der Waals surface area contributed by atoms with Gasteiger partial charge in [0.1, 0.15) is 23.0 Å². The SMILES string of the molecule is CCOC(=O)c1c(C)oc2nc(CSc3nc4ccccc4n3CC)nc(N)c12. The number of anilines is 1. The molecule has 0 saturated heterocycles. The van der Waals surface area contributed by atoms with E-state index >= 15 is 0 Å². The lowest BCUT2D eigenvalue weighted by molar-refractivity contribution is 0.0526. The van der Waals surface area contributed by atoms with Crippen LogP contribution < -0.4 is 5.73 Å². The molecule has 0 aliphatic carbocycles. The molecule has 0 aliphatic heterocycles. The molecule has 0 amide bonds. The number of thioether (sulfide) groups is 1. The van der Waals surface area contributed by atoms with Crippen molar-refractivity contribution in [3.63, 3.8) is 0 Å². The van der Waals surface area contributed by atoms with Crippen molar-refractivity contribution in [3.05, 3.63) is 41.4 Å². The zero-order chi connectivity index (χ0) is 20.5. The molecule has 8 nitrogen and oxygen atoms in total. The quantitative estimate of drug-likeness (QED) is 0.375. The van der Waals surface area contributed by atoms with Crippen molar-refractivity contribution in [2.45, 2.75) is 38.2 Å². The first-order valence-corrected chi connectivity index (χ1v) is 10.3. The molecule has 4 aromatic rings. The Balaban J connectivity index is 1.65. The molecule has 2 N–H and O–H groups in total. The molecule has 0 bridgehead atoms. The summed E-state index contributed by atoms with van der Waals surface area (Å²) in [6, 6.07) is 8.03. The number of aryl methyl sites for hydroxylation is 2. The standard InChI is InChI=1S/C20H21N5O3S/c1-4-25-13-9-7-6-8-12(13)22-20(25)29-10-14-23-17(21)16-15(19(26)27-5-2)11(3)28-18(16)24-14/h6-9H,4-5,10H2,1-3H3,(H2,21,23,24). The second-order valence-corrected chi connectivity index (χ2v) is 7.32. The van der Waals surface area contributed by atoms with Gasteiger partial charge in [-0.3, -0.25) is 0 Å². The number of aromatic nitrogens is 4. The summed E-state index contributed by atoms with van der Waals surface area (Å²) in [5.74, 6) is 1.11. The fourth-order valence-electron chi connectivity index (χ4n) is 3.30. The van der Waals surface area contributed by atoms with Crippen molar-refractivity contribution in [1.29, 1.82) is 0 Å². The van der Waals surface area contributed by atoms with Crippen molar-refractivity contribution in [2.75, 3.05) is 12.3 Å². The minimum Gasteiger partial charge on any atom is -0.462 e. The first-order chi connectivity index (χ1) is 14.0. The third kappa shape index (κ3) is 3.42. The molecule has 0 saturated carbocycles. The van der Waals surface area contributed by atoms with E-state index in [0.717, 1.165) is 22.7 Å². The number of para-hydroxylation sites is 2. The average Bonchev–Trinajstić information content (AvgIpc) is 3.23. The van der Waals surface area contributed by atoms with Gasteiger partial charge >= 0.3 is 5.97 Å². The van der Waals surface area contributed by atoms with E-state index in [1.54, 1.807) is 13.8 Å². The van der Waals surface area contributed by atoms with Crippen LogP contribution in [-0.4, -0.2) is 32.1 Å². The summed E-state index contributed by atoms with van der Waals surface area (Å²) < 4.78 is 12.9. The molecule has 29 heavy (non-hydrogen) atoms. The lowest BCUT2D eigenvalue weighted by Gasteiger charge is -2.06. The highest BCUT2D eigenvalue weighted by molar-refractivity contribution is 7.98. The number of nitrogen functional groups attached to an aromatic ring is 1. The predicted octanol–water partition coefficient (Wildman–Crippen LogP) is 3.95. The van der Waals surface area contributed by atoms with Gasteiger partial charge in [-0.15, -0.1) is 0 Å². The Morgan fingerprint density at radius 3 is 2.79 bits per heavy atom. The molecular weight excluding hydrogens is 390 g/mol. The topological polar surface area (TPSA) is 109 Å². The van der Waals surface area contributed by atoms with Crippen LogP contribution in [0.5, 0.6) is 0 Å². The van der Waals surface area contributed by atoms with Crippen LogP contribution in [0.25, 0.3) is 22.1 Å². The third-order valence-corrected chi connectivity index (χ3v) is 5.52. The summed E-state index contributed by atoms with van der Waals surface area (Å²) in [4.78, 5) is 25.8. The molecule has 3 heterocycles. The normalized spacial score (nSPS) is 11.4. The molecule has 0 aliphatic rings. The summed E-state index contributed by atoms with van der Waals surface area (Å²) in [6.07, 6.45) is 0. The van der Waals surface area contributed by atoms with Gasteiger partial charge in [-0.1, -0.05) is 23.9 Å². The number of hydrogen-bond donors (Lipinski definition) is 1. The van der Waals surface area contributed by atoms with E-state index < -0.39 is 5.97 Å². The number of benzene rings is 1. The van der Waals surface area contributed by atoms with Crippen LogP contribution in [0, 0.1) is 6.92 Å². The van der Waals surface area contributed by atoms with Crippen molar-refractivity contribution >= 4 is 45.7 Å². The Kier molecular flexibility index (Phi) is 5.14. The number of esters is 1. The fourth-order valence-corrected chi connectivity index (χ4v) is 4.23. The van der Waals surface area contributed by atoms with Gasteiger partial charge in [-0.25, -0.2) is 14.8 Å². The van der Waals surface area contributed by atoms with Gasteiger partial charge in [0.25, 0.3) is 0 Å². The average molecular weight is 411 g/mol.